The third-order valence-corrected chi connectivity index (χ3v) is 5.50. The van der Waals surface area contributed by atoms with Crippen LogP contribution in [0.4, 0.5) is 0 Å². The van der Waals surface area contributed by atoms with Gasteiger partial charge in [0.1, 0.15) is 18.3 Å². The second-order valence-corrected chi connectivity index (χ2v) is 7.83. The summed E-state index contributed by atoms with van der Waals surface area (Å²) in [5.74, 6) is 0. The summed E-state index contributed by atoms with van der Waals surface area (Å²) < 4.78 is 2.78. The number of halogens is 1. The lowest BCUT2D eigenvalue weighted by Crippen LogP contribution is -2.52. The zero-order chi connectivity index (χ0) is 16.5. The summed E-state index contributed by atoms with van der Waals surface area (Å²) >= 11 is 3.46. The molecule has 122 valence electrons. The molecule has 0 spiro atoms. The number of aromatic nitrogens is 3. The van der Waals surface area contributed by atoms with Crippen molar-refractivity contribution in [2.45, 2.75) is 45.3 Å². The van der Waals surface area contributed by atoms with E-state index in [-0.39, 0.29) is 5.41 Å². The minimum atomic E-state index is -0.925. The van der Waals surface area contributed by atoms with Gasteiger partial charge in [0.2, 0.25) is 0 Å². The minimum absolute atomic E-state index is 0.210. The van der Waals surface area contributed by atoms with Crippen molar-refractivity contribution in [2.24, 2.45) is 5.41 Å². The molecule has 4 nitrogen and oxygen atoms in total. The zero-order valence-corrected chi connectivity index (χ0v) is 15.1. The largest absolute Gasteiger partial charge is 0.383 e. The normalized spacial score (nSPS) is 25.7. The average molecular weight is 376 g/mol. The first kappa shape index (κ1) is 16.4. The van der Waals surface area contributed by atoms with Crippen molar-refractivity contribution in [1.82, 2.24) is 14.8 Å². The summed E-state index contributed by atoms with van der Waals surface area (Å²) in [6, 6.07) is 8.18. The predicted molar refractivity (Wildman–Crippen MR) is 94.7 cm³/mol. The molecule has 1 aromatic carbocycles. The fourth-order valence-electron chi connectivity index (χ4n) is 3.39. The molecule has 1 aliphatic carbocycles. The Kier molecular flexibility index (Phi) is 4.43. The second kappa shape index (κ2) is 6.21. The van der Waals surface area contributed by atoms with E-state index in [9.17, 15) is 5.11 Å². The molecule has 3 rings (SSSR count). The van der Waals surface area contributed by atoms with Crippen molar-refractivity contribution in [3.05, 3.63) is 52.5 Å². The minimum Gasteiger partial charge on any atom is -0.383 e. The average Bonchev–Trinajstić information content (AvgIpc) is 2.99. The van der Waals surface area contributed by atoms with Crippen LogP contribution in [0.3, 0.4) is 0 Å². The van der Waals surface area contributed by atoms with Gasteiger partial charge < -0.3 is 5.11 Å². The number of benzene rings is 1. The van der Waals surface area contributed by atoms with Gasteiger partial charge in [-0.1, -0.05) is 48.0 Å². The van der Waals surface area contributed by atoms with Crippen LogP contribution in [0.2, 0.25) is 0 Å². The molecule has 1 saturated carbocycles. The quantitative estimate of drug-likeness (QED) is 0.879. The molecule has 1 atom stereocenters. The molecule has 1 aromatic heterocycles. The molecule has 0 amide bonds. The first-order valence-corrected chi connectivity index (χ1v) is 8.71. The summed E-state index contributed by atoms with van der Waals surface area (Å²) in [5.41, 5.74) is 1.05. The first-order valence-electron chi connectivity index (χ1n) is 7.92. The van der Waals surface area contributed by atoms with E-state index in [0.717, 1.165) is 34.9 Å². The molecule has 0 radical (unpaired) electrons. The molecule has 0 bridgehead atoms. The van der Waals surface area contributed by atoms with E-state index in [1.54, 1.807) is 11.0 Å². The maximum absolute atomic E-state index is 11.6. The standard InChI is InChI=1S/C18H22BrN3O/c1-17(2)9-3-4-15(10-14-5-7-16(19)8-6-14)18(17,23)11-22-13-20-12-21-22/h5-8,10,12-13,23H,3-4,9,11H2,1-2H3/b15-10+. The van der Waals surface area contributed by atoms with Gasteiger partial charge in [0.05, 0.1) is 6.54 Å². The smallest absolute Gasteiger partial charge is 0.137 e. The van der Waals surface area contributed by atoms with Crippen molar-refractivity contribution in [1.29, 1.82) is 0 Å². The van der Waals surface area contributed by atoms with Gasteiger partial charge in [-0.2, -0.15) is 5.10 Å². The van der Waals surface area contributed by atoms with E-state index in [0.29, 0.717) is 6.54 Å². The molecule has 23 heavy (non-hydrogen) atoms. The van der Waals surface area contributed by atoms with Gasteiger partial charge in [0, 0.05) is 4.47 Å². The van der Waals surface area contributed by atoms with Crippen molar-refractivity contribution >= 4 is 22.0 Å². The van der Waals surface area contributed by atoms with Crippen molar-refractivity contribution in [3.8, 4) is 0 Å². The Balaban J connectivity index is 2.00. The molecular weight excluding hydrogens is 354 g/mol. The van der Waals surface area contributed by atoms with Crippen LogP contribution < -0.4 is 0 Å². The van der Waals surface area contributed by atoms with E-state index < -0.39 is 5.60 Å². The highest BCUT2D eigenvalue weighted by molar-refractivity contribution is 9.10. The van der Waals surface area contributed by atoms with Gasteiger partial charge in [-0.15, -0.1) is 0 Å². The number of aliphatic hydroxyl groups is 1. The lowest BCUT2D eigenvalue weighted by atomic mass is 9.62. The van der Waals surface area contributed by atoms with Crippen molar-refractivity contribution in [3.63, 3.8) is 0 Å². The Morgan fingerprint density at radius 2 is 2.04 bits per heavy atom. The molecule has 1 fully saturated rings. The van der Waals surface area contributed by atoms with Gasteiger partial charge >= 0.3 is 0 Å². The van der Waals surface area contributed by atoms with Gasteiger partial charge in [0.25, 0.3) is 0 Å². The van der Waals surface area contributed by atoms with Crippen LogP contribution in [-0.2, 0) is 6.54 Å². The second-order valence-electron chi connectivity index (χ2n) is 6.91. The topological polar surface area (TPSA) is 50.9 Å². The summed E-state index contributed by atoms with van der Waals surface area (Å²) in [7, 11) is 0. The Morgan fingerprint density at radius 3 is 2.70 bits per heavy atom. The van der Waals surface area contributed by atoms with Crippen molar-refractivity contribution in [2.75, 3.05) is 0 Å². The van der Waals surface area contributed by atoms with Crippen LogP contribution in [0.25, 0.3) is 6.08 Å². The van der Waals surface area contributed by atoms with Crippen LogP contribution >= 0.6 is 15.9 Å². The highest BCUT2D eigenvalue weighted by Crippen LogP contribution is 2.48. The molecule has 1 unspecified atom stereocenters. The number of nitrogens with zero attached hydrogens (tertiary/aromatic N) is 3. The molecular formula is C18H22BrN3O. The van der Waals surface area contributed by atoms with Crippen molar-refractivity contribution < 1.29 is 5.11 Å². The Hall–Kier alpha value is -1.46. The highest BCUT2D eigenvalue weighted by atomic mass is 79.9. The van der Waals surface area contributed by atoms with E-state index in [1.807, 2.05) is 12.1 Å². The van der Waals surface area contributed by atoms with Gasteiger partial charge in [-0.25, -0.2) is 9.67 Å². The summed E-state index contributed by atoms with van der Waals surface area (Å²) in [5, 5.41) is 15.8. The Labute approximate surface area is 145 Å². The predicted octanol–water partition coefficient (Wildman–Crippen LogP) is 4.07. The molecule has 0 aliphatic heterocycles. The lowest BCUT2D eigenvalue weighted by Gasteiger charge is -2.48. The number of rotatable bonds is 3. The zero-order valence-electron chi connectivity index (χ0n) is 13.5. The summed E-state index contributed by atoms with van der Waals surface area (Å²) in [4.78, 5) is 4.00. The molecule has 1 aliphatic rings. The lowest BCUT2D eigenvalue weighted by molar-refractivity contribution is -0.0692. The number of hydrogen-bond acceptors (Lipinski definition) is 3. The number of hydrogen-bond donors (Lipinski definition) is 1. The van der Waals surface area contributed by atoms with Crippen LogP contribution in [0.15, 0.2) is 47.0 Å². The van der Waals surface area contributed by atoms with E-state index >= 15 is 0 Å². The van der Waals surface area contributed by atoms with Crippen LogP contribution in [0.5, 0.6) is 0 Å². The molecule has 0 saturated heterocycles. The fraction of sp³-hybridized carbons (Fsp3) is 0.444. The van der Waals surface area contributed by atoms with E-state index in [1.165, 1.54) is 6.33 Å². The SMILES string of the molecule is CC1(C)CCC/C(=C\c2ccc(Br)cc2)C1(O)Cn1cncn1. The highest BCUT2D eigenvalue weighted by Gasteiger charge is 2.48. The first-order chi connectivity index (χ1) is 10.9. The molecule has 1 N–H and O–H groups in total. The maximum Gasteiger partial charge on any atom is 0.137 e. The molecule has 5 heteroatoms. The Bertz CT molecular complexity index is 692. The summed E-state index contributed by atoms with van der Waals surface area (Å²) in [6.07, 6.45) is 8.30. The van der Waals surface area contributed by atoms with Crippen LogP contribution in [0, 0.1) is 5.41 Å². The van der Waals surface area contributed by atoms with Crippen LogP contribution in [-0.4, -0.2) is 25.5 Å². The third kappa shape index (κ3) is 3.26. The molecule has 1 heterocycles. The summed E-state index contributed by atoms with van der Waals surface area (Å²) in [6.45, 7) is 4.71. The van der Waals surface area contributed by atoms with Crippen LogP contribution in [0.1, 0.15) is 38.7 Å². The monoisotopic (exact) mass is 375 g/mol. The fourth-order valence-corrected chi connectivity index (χ4v) is 3.65. The molecule has 2 aromatic rings. The van der Waals surface area contributed by atoms with Gasteiger partial charge in [-0.05, 0) is 47.9 Å². The van der Waals surface area contributed by atoms with Gasteiger partial charge in [0.15, 0.2) is 0 Å². The third-order valence-electron chi connectivity index (χ3n) is 4.97. The van der Waals surface area contributed by atoms with E-state index in [4.69, 9.17) is 0 Å². The Morgan fingerprint density at radius 1 is 1.30 bits per heavy atom. The van der Waals surface area contributed by atoms with E-state index in [2.05, 4.69) is 58.1 Å². The van der Waals surface area contributed by atoms with Gasteiger partial charge in [-0.3, -0.25) is 0 Å². The maximum atomic E-state index is 11.6.